The number of fused-ring (bicyclic) bond motifs is 1. The van der Waals surface area contributed by atoms with Gasteiger partial charge in [-0.2, -0.15) is 10.1 Å². The molecule has 5 heteroatoms. The van der Waals surface area contributed by atoms with Crippen LogP contribution in [-0.4, -0.2) is 21.9 Å². The fraction of sp³-hybridized carbons (Fsp3) is 0.263. The van der Waals surface area contributed by atoms with Crippen LogP contribution >= 0.6 is 0 Å². The van der Waals surface area contributed by atoms with E-state index in [0.29, 0.717) is 0 Å². The lowest BCUT2D eigenvalue weighted by Gasteiger charge is -2.32. The van der Waals surface area contributed by atoms with Gasteiger partial charge in [-0.25, -0.2) is 4.68 Å². The molecule has 1 N–H and O–H groups in total. The molecular formula is C19H20N4O. The van der Waals surface area contributed by atoms with E-state index in [1.54, 1.807) is 13.4 Å². The molecule has 5 nitrogen and oxygen atoms in total. The van der Waals surface area contributed by atoms with E-state index < -0.39 is 0 Å². The van der Waals surface area contributed by atoms with E-state index in [0.717, 1.165) is 18.1 Å². The van der Waals surface area contributed by atoms with Gasteiger partial charge in [0, 0.05) is 0 Å². The van der Waals surface area contributed by atoms with Crippen LogP contribution in [0.4, 0.5) is 5.95 Å². The topological polar surface area (TPSA) is 52.0 Å². The van der Waals surface area contributed by atoms with Gasteiger partial charge in [0.15, 0.2) is 0 Å². The first kappa shape index (κ1) is 14.8. The minimum atomic E-state index is 0.177. The molecular weight excluding hydrogens is 300 g/mol. The highest BCUT2D eigenvalue weighted by Crippen LogP contribution is 2.37. The van der Waals surface area contributed by atoms with E-state index in [9.17, 15) is 0 Å². The Hall–Kier alpha value is -2.82. The Morgan fingerprint density at radius 2 is 1.96 bits per heavy atom. The molecule has 1 aliphatic heterocycles. The number of rotatable bonds is 3. The molecule has 0 spiro atoms. The fourth-order valence-corrected chi connectivity index (χ4v) is 3.33. The minimum absolute atomic E-state index is 0.177. The Morgan fingerprint density at radius 3 is 2.71 bits per heavy atom. The standard InChI is InChI=1S/C19H20N4O/c1-13-4-3-5-15(10-13)18-11-17(22-19-20-12-21-23(18)19)14-6-8-16(24-2)9-7-14/h3-10,12,17-18H,11H2,1-2H3,(H,20,21,22)/t17-,18-/m1/s1. The third-order valence-corrected chi connectivity index (χ3v) is 4.58. The van der Waals surface area contributed by atoms with Gasteiger partial charge in [0.2, 0.25) is 5.95 Å². The highest BCUT2D eigenvalue weighted by molar-refractivity contribution is 5.40. The van der Waals surface area contributed by atoms with Gasteiger partial charge in [-0.15, -0.1) is 0 Å². The minimum Gasteiger partial charge on any atom is -0.497 e. The van der Waals surface area contributed by atoms with Crippen molar-refractivity contribution in [3.63, 3.8) is 0 Å². The second kappa shape index (κ2) is 6.00. The second-order valence-electron chi connectivity index (χ2n) is 6.16. The zero-order valence-electron chi connectivity index (χ0n) is 13.8. The summed E-state index contributed by atoms with van der Waals surface area (Å²) in [6.07, 6.45) is 2.54. The average Bonchev–Trinajstić information content (AvgIpc) is 3.09. The zero-order valence-corrected chi connectivity index (χ0v) is 13.8. The highest BCUT2D eigenvalue weighted by atomic mass is 16.5. The molecule has 2 heterocycles. The molecule has 2 aromatic carbocycles. The zero-order chi connectivity index (χ0) is 16.5. The van der Waals surface area contributed by atoms with Crippen LogP contribution in [0.25, 0.3) is 0 Å². The molecule has 122 valence electrons. The van der Waals surface area contributed by atoms with E-state index in [1.807, 2.05) is 16.8 Å². The SMILES string of the molecule is COc1ccc([C@H]2C[C@H](c3cccc(C)c3)n3ncnc3N2)cc1. The monoisotopic (exact) mass is 320 g/mol. The van der Waals surface area contributed by atoms with Crippen molar-refractivity contribution in [3.05, 3.63) is 71.5 Å². The fourth-order valence-electron chi connectivity index (χ4n) is 3.33. The van der Waals surface area contributed by atoms with Gasteiger partial charge in [0.1, 0.15) is 12.1 Å². The third-order valence-electron chi connectivity index (χ3n) is 4.58. The summed E-state index contributed by atoms with van der Waals surface area (Å²) in [5.74, 6) is 1.68. The molecule has 24 heavy (non-hydrogen) atoms. The van der Waals surface area contributed by atoms with Crippen LogP contribution in [0.2, 0.25) is 0 Å². The molecule has 4 rings (SSSR count). The molecule has 0 unspecified atom stereocenters. The van der Waals surface area contributed by atoms with Crippen LogP contribution in [-0.2, 0) is 0 Å². The van der Waals surface area contributed by atoms with Crippen molar-refractivity contribution in [1.82, 2.24) is 14.8 Å². The average molecular weight is 320 g/mol. The number of aryl methyl sites for hydroxylation is 1. The predicted molar refractivity (Wildman–Crippen MR) is 93.3 cm³/mol. The van der Waals surface area contributed by atoms with Gasteiger partial charge in [-0.3, -0.25) is 0 Å². The molecule has 0 amide bonds. The quantitative estimate of drug-likeness (QED) is 0.799. The smallest absolute Gasteiger partial charge is 0.222 e. The Morgan fingerprint density at radius 1 is 1.12 bits per heavy atom. The van der Waals surface area contributed by atoms with Crippen LogP contribution in [0.1, 0.15) is 35.2 Å². The third kappa shape index (κ3) is 2.62. The molecule has 0 bridgehead atoms. The van der Waals surface area contributed by atoms with Gasteiger partial charge >= 0.3 is 0 Å². The molecule has 1 aromatic heterocycles. The van der Waals surface area contributed by atoms with Crippen LogP contribution in [0, 0.1) is 6.92 Å². The van der Waals surface area contributed by atoms with Gasteiger partial charge < -0.3 is 10.1 Å². The number of nitrogens with zero attached hydrogens (tertiary/aromatic N) is 3. The Bertz CT molecular complexity index is 841. The van der Waals surface area contributed by atoms with Crippen molar-refractivity contribution in [2.75, 3.05) is 12.4 Å². The maximum Gasteiger partial charge on any atom is 0.222 e. The number of benzene rings is 2. The van der Waals surface area contributed by atoms with E-state index in [-0.39, 0.29) is 12.1 Å². The molecule has 0 fully saturated rings. The van der Waals surface area contributed by atoms with Crippen molar-refractivity contribution >= 4 is 5.95 Å². The van der Waals surface area contributed by atoms with E-state index >= 15 is 0 Å². The number of ether oxygens (including phenoxy) is 1. The summed E-state index contributed by atoms with van der Waals surface area (Å²) in [6, 6.07) is 17.2. The number of hydrogen-bond donors (Lipinski definition) is 1. The van der Waals surface area contributed by atoms with E-state index in [1.165, 1.54) is 16.7 Å². The number of hydrogen-bond acceptors (Lipinski definition) is 4. The van der Waals surface area contributed by atoms with Crippen molar-refractivity contribution < 1.29 is 4.74 Å². The number of nitrogens with one attached hydrogen (secondary N) is 1. The predicted octanol–water partition coefficient (Wildman–Crippen LogP) is 3.74. The van der Waals surface area contributed by atoms with E-state index in [4.69, 9.17) is 4.74 Å². The highest BCUT2D eigenvalue weighted by Gasteiger charge is 2.29. The number of aromatic nitrogens is 3. The molecule has 0 radical (unpaired) electrons. The Kier molecular flexibility index (Phi) is 3.69. The first-order valence-corrected chi connectivity index (χ1v) is 8.11. The van der Waals surface area contributed by atoms with Crippen molar-refractivity contribution in [2.24, 2.45) is 0 Å². The second-order valence-corrected chi connectivity index (χ2v) is 6.16. The Balaban J connectivity index is 1.70. The van der Waals surface area contributed by atoms with Gasteiger partial charge in [-0.05, 0) is 36.6 Å². The van der Waals surface area contributed by atoms with Gasteiger partial charge in [0.25, 0.3) is 0 Å². The molecule has 2 atom stereocenters. The summed E-state index contributed by atoms with van der Waals surface area (Å²) < 4.78 is 7.24. The normalized spacial score (nSPS) is 19.4. The van der Waals surface area contributed by atoms with Crippen LogP contribution in [0.15, 0.2) is 54.9 Å². The maximum atomic E-state index is 5.26. The van der Waals surface area contributed by atoms with Crippen molar-refractivity contribution in [2.45, 2.75) is 25.4 Å². The summed E-state index contributed by atoms with van der Waals surface area (Å²) in [5, 5.41) is 7.92. The van der Waals surface area contributed by atoms with E-state index in [2.05, 4.69) is 58.7 Å². The summed E-state index contributed by atoms with van der Waals surface area (Å²) in [4.78, 5) is 4.38. The van der Waals surface area contributed by atoms with Crippen molar-refractivity contribution in [3.8, 4) is 5.75 Å². The van der Waals surface area contributed by atoms with Crippen LogP contribution < -0.4 is 10.1 Å². The summed E-state index contributed by atoms with van der Waals surface area (Å²) in [5.41, 5.74) is 3.75. The van der Waals surface area contributed by atoms with Crippen molar-refractivity contribution in [1.29, 1.82) is 0 Å². The first-order chi connectivity index (χ1) is 11.7. The Labute approximate surface area is 141 Å². The lowest BCUT2D eigenvalue weighted by Crippen LogP contribution is -2.28. The number of anilines is 1. The molecule has 3 aromatic rings. The molecule has 0 saturated heterocycles. The molecule has 1 aliphatic rings. The molecule has 0 saturated carbocycles. The summed E-state index contributed by atoms with van der Waals surface area (Å²) in [6.45, 7) is 2.12. The largest absolute Gasteiger partial charge is 0.497 e. The van der Waals surface area contributed by atoms with Gasteiger partial charge in [0.05, 0.1) is 19.2 Å². The molecule has 0 aliphatic carbocycles. The van der Waals surface area contributed by atoms with Gasteiger partial charge in [-0.1, -0.05) is 42.0 Å². The first-order valence-electron chi connectivity index (χ1n) is 8.11. The summed E-state index contributed by atoms with van der Waals surface area (Å²) in [7, 11) is 1.68. The summed E-state index contributed by atoms with van der Waals surface area (Å²) >= 11 is 0. The lowest BCUT2D eigenvalue weighted by atomic mass is 9.92. The van der Waals surface area contributed by atoms with Crippen LogP contribution in [0.5, 0.6) is 5.75 Å². The number of methoxy groups -OCH3 is 1. The van der Waals surface area contributed by atoms with Crippen LogP contribution in [0.3, 0.4) is 0 Å². The maximum absolute atomic E-state index is 5.26. The lowest BCUT2D eigenvalue weighted by molar-refractivity contribution is 0.413.